The van der Waals surface area contributed by atoms with Crippen molar-refractivity contribution in [1.82, 2.24) is 9.97 Å². The zero-order chi connectivity index (χ0) is 8.60. The molecule has 64 valence electrons. The Morgan fingerprint density at radius 1 is 1.42 bits per heavy atom. The number of halogens is 1. The Balaban J connectivity index is 2.21. The Morgan fingerprint density at radius 3 is 2.50 bits per heavy atom. The van der Waals surface area contributed by atoms with Crippen LogP contribution in [0.1, 0.15) is 18.7 Å². The molecule has 0 amide bonds. The van der Waals surface area contributed by atoms with Crippen LogP contribution < -0.4 is 5.73 Å². The highest BCUT2D eigenvalue weighted by Gasteiger charge is 2.44. The van der Waals surface area contributed by atoms with Crippen LogP contribution in [-0.2, 0) is 5.54 Å². The van der Waals surface area contributed by atoms with Crippen molar-refractivity contribution in [2.75, 3.05) is 0 Å². The zero-order valence-electron chi connectivity index (χ0n) is 6.57. The van der Waals surface area contributed by atoms with Crippen LogP contribution in [0.5, 0.6) is 0 Å². The second-order valence-electron chi connectivity index (χ2n) is 3.23. The summed E-state index contributed by atoms with van der Waals surface area (Å²) in [4.78, 5) is 8.01. The van der Waals surface area contributed by atoms with Crippen molar-refractivity contribution in [3.8, 4) is 0 Å². The maximum atomic E-state index is 12.6. The van der Waals surface area contributed by atoms with Crippen LogP contribution >= 0.6 is 0 Å². The Labute approximate surface area is 69.8 Å². The molecule has 1 heterocycles. The first-order valence-corrected chi connectivity index (χ1v) is 3.91. The highest BCUT2D eigenvalue weighted by Crippen LogP contribution is 2.38. The fraction of sp³-hybridized carbons (Fsp3) is 0.500. The molecule has 4 heteroatoms. The van der Waals surface area contributed by atoms with Gasteiger partial charge in [0.05, 0.1) is 5.54 Å². The predicted octanol–water partition coefficient (Wildman–Crippen LogP) is 0.762. The third-order valence-electron chi connectivity index (χ3n) is 2.18. The van der Waals surface area contributed by atoms with Gasteiger partial charge in [-0.05, 0) is 6.07 Å². The molecule has 0 unspecified atom stereocenters. The van der Waals surface area contributed by atoms with Crippen molar-refractivity contribution in [2.45, 2.75) is 24.6 Å². The summed E-state index contributed by atoms with van der Waals surface area (Å²) in [6, 6.07) is 1.72. The van der Waals surface area contributed by atoms with Crippen LogP contribution in [0.15, 0.2) is 18.5 Å². The van der Waals surface area contributed by atoms with Crippen LogP contribution in [-0.4, -0.2) is 16.1 Å². The maximum absolute atomic E-state index is 12.6. The van der Waals surface area contributed by atoms with Gasteiger partial charge in [0.2, 0.25) is 0 Å². The van der Waals surface area contributed by atoms with Crippen LogP contribution in [0.4, 0.5) is 4.39 Å². The van der Waals surface area contributed by atoms with Gasteiger partial charge < -0.3 is 5.73 Å². The first-order valence-electron chi connectivity index (χ1n) is 3.91. The first-order chi connectivity index (χ1) is 5.71. The molecule has 1 saturated carbocycles. The maximum Gasteiger partial charge on any atom is 0.148 e. The van der Waals surface area contributed by atoms with Gasteiger partial charge >= 0.3 is 0 Å². The van der Waals surface area contributed by atoms with Gasteiger partial charge in [-0.15, -0.1) is 0 Å². The van der Waals surface area contributed by atoms with E-state index in [9.17, 15) is 4.39 Å². The fourth-order valence-electron chi connectivity index (χ4n) is 1.47. The predicted molar refractivity (Wildman–Crippen MR) is 42.0 cm³/mol. The van der Waals surface area contributed by atoms with Gasteiger partial charge in [0, 0.05) is 25.2 Å². The lowest BCUT2D eigenvalue weighted by molar-refractivity contribution is 0.0915. The van der Waals surface area contributed by atoms with Crippen molar-refractivity contribution in [2.24, 2.45) is 5.73 Å². The molecule has 0 spiro atoms. The lowest BCUT2D eigenvalue weighted by atomic mass is 9.75. The second-order valence-corrected chi connectivity index (χ2v) is 3.23. The van der Waals surface area contributed by atoms with E-state index in [1.807, 2.05) is 0 Å². The van der Waals surface area contributed by atoms with Crippen molar-refractivity contribution in [3.63, 3.8) is 0 Å². The normalized spacial score (nSPS) is 34.3. The molecule has 1 aromatic heterocycles. The molecule has 3 nitrogen and oxygen atoms in total. The van der Waals surface area contributed by atoms with Crippen LogP contribution in [0.25, 0.3) is 0 Å². The number of nitrogens with two attached hydrogens (primary N) is 1. The van der Waals surface area contributed by atoms with Crippen LogP contribution in [0, 0.1) is 0 Å². The van der Waals surface area contributed by atoms with Gasteiger partial charge in [-0.3, -0.25) is 0 Å². The minimum Gasteiger partial charge on any atom is -0.319 e. The first kappa shape index (κ1) is 7.61. The summed E-state index contributed by atoms with van der Waals surface area (Å²) in [6.45, 7) is 0. The van der Waals surface area contributed by atoms with Crippen molar-refractivity contribution in [3.05, 3.63) is 24.3 Å². The van der Waals surface area contributed by atoms with E-state index in [1.165, 1.54) is 0 Å². The highest BCUT2D eigenvalue weighted by molar-refractivity contribution is 5.12. The van der Waals surface area contributed by atoms with E-state index in [0.29, 0.717) is 18.7 Å². The number of nitrogens with zero attached hydrogens (tertiary/aromatic N) is 2. The SMILES string of the molecule is NC1(c2ncccn2)CC(F)C1. The number of hydrogen-bond donors (Lipinski definition) is 1. The van der Waals surface area contributed by atoms with Crippen molar-refractivity contribution >= 4 is 0 Å². The number of rotatable bonds is 1. The summed E-state index contributed by atoms with van der Waals surface area (Å²) >= 11 is 0. The lowest BCUT2D eigenvalue weighted by Crippen LogP contribution is -2.51. The third kappa shape index (κ3) is 1.08. The minimum absolute atomic E-state index is 0.344. The summed E-state index contributed by atoms with van der Waals surface area (Å²) in [5, 5.41) is 0. The van der Waals surface area contributed by atoms with E-state index in [-0.39, 0.29) is 0 Å². The zero-order valence-corrected chi connectivity index (χ0v) is 6.57. The third-order valence-corrected chi connectivity index (χ3v) is 2.18. The van der Waals surface area contributed by atoms with Gasteiger partial charge in [0.25, 0.3) is 0 Å². The standard InChI is InChI=1S/C8H10FN3/c9-6-4-8(10,5-6)7-11-2-1-3-12-7/h1-3,6H,4-5,10H2. The Kier molecular flexibility index (Phi) is 1.58. The average Bonchev–Trinajstić information content (AvgIpc) is 2.04. The van der Waals surface area contributed by atoms with E-state index in [0.717, 1.165) is 0 Å². The minimum atomic E-state index is -0.779. The molecule has 2 rings (SSSR count). The molecule has 1 aromatic rings. The fourth-order valence-corrected chi connectivity index (χ4v) is 1.47. The summed E-state index contributed by atoms with van der Waals surface area (Å²) in [5.41, 5.74) is 5.24. The molecule has 0 radical (unpaired) electrons. The highest BCUT2D eigenvalue weighted by atomic mass is 19.1. The summed E-state index contributed by atoms with van der Waals surface area (Å²) < 4.78 is 12.6. The number of alkyl halides is 1. The van der Waals surface area contributed by atoms with E-state index in [1.54, 1.807) is 18.5 Å². The quantitative estimate of drug-likeness (QED) is 0.671. The van der Waals surface area contributed by atoms with E-state index >= 15 is 0 Å². The largest absolute Gasteiger partial charge is 0.319 e. The van der Waals surface area contributed by atoms with Gasteiger partial charge in [0.1, 0.15) is 12.0 Å². The van der Waals surface area contributed by atoms with Crippen LogP contribution in [0.2, 0.25) is 0 Å². The summed E-state index contributed by atoms with van der Waals surface area (Å²) in [6.07, 6.45) is 3.16. The van der Waals surface area contributed by atoms with E-state index < -0.39 is 11.7 Å². The molecular weight excluding hydrogens is 157 g/mol. The summed E-state index contributed by atoms with van der Waals surface area (Å²) in [7, 11) is 0. The molecule has 1 aliphatic carbocycles. The number of hydrogen-bond acceptors (Lipinski definition) is 3. The molecule has 2 N–H and O–H groups in total. The average molecular weight is 167 g/mol. The molecule has 0 atom stereocenters. The molecule has 1 aliphatic rings. The van der Waals surface area contributed by atoms with Crippen molar-refractivity contribution < 1.29 is 4.39 Å². The van der Waals surface area contributed by atoms with Crippen molar-refractivity contribution in [1.29, 1.82) is 0 Å². The monoisotopic (exact) mass is 167 g/mol. The smallest absolute Gasteiger partial charge is 0.148 e. The number of aromatic nitrogens is 2. The molecule has 0 aromatic carbocycles. The molecular formula is C8H10FN3. The second kappa shape index (κ2) is 2.48. The van der Waals surface area contributed by atoms with Gasteiger partial charge in [0.15, 0.2) is 0 Å². The molecule has 12 heavy (non-hydrogen) atoms. The van der Waals surface area contributed by atoms with Gasteiger partial charge in [-0.1, -0.05) is 0 Å². The molecule has 0 aliphatic heterocycles. The van der Waals surface area contributed by atoms with E-state index in [2.05, 4.69) is 9.97 Å². The lowest BCUT2D eigenvalue weighted by Gasteiger charge is -2.39. The molecule has 1 fully saturated rings. The molecule has 0 bridgehead atoms. The molecule has 0 saturated heterocycles. The Bertz CT molecular complexity index is 269. The summed E-state index contributed by atoms with van der Waals surface area (Å²) in [5.74, 6) is 0.555. The van der Waals surface area contributed by atoms with E-state index in [4.69, 9.17) is 5.73 Å². The topological polar surface area (TPSA) is 51.8 Å². The Hall–Kier alpha value is -1.03. The Morgan fingerprint density at radius 2 is 2.00 bits per heavy atom. The van der Waals surface area contributed by atoms with Gasteiger partial charge in [-0.25, -0.2) is 14.4 Å². The van der Waals surface area contributed by atoms with Gasteiger partial charge in [-0.2, -0.15) is 0 Å². The van der Waals surface area contributed by atoms with Crippen LogP contribution in [0.3, 0.4) is 0 Å².